The molecule has 0 saturated heterocycles. The molecular weight excluding hydrogens is 458 g/mol. The van der Waals surface area contributed by atoms with E-state index < -0.39 is 12.0 Å². The molecule has 178 valence electrons. The van der Waals surface area contributed by atoms with Crippen LogP contribution in [0.5, 0.6) is 0 Å². The van der Waals surface area contributed by atoms with Crippen LogP contribution in [-0.4, -0.2) is 48.1 Å². The van der Waals surface area contributed by atoms with E-state index in [-0.39, 0.29) is 18.2 Å². The summed E-state index contributed by atoms with van der Waals surface area (Å²) in [6.07, 6.45) is 6.53. The van der Waals surface area contributed by atoms with Crippen molar-refractivity contribution < 1.29 is 19.5 Å². The van der Waals surface area contributed by atoms with Crippen LogP contribution in [-0.2, 0) is 24.2 Å². The van der Waals surface area contributed by atoms with Crippen molar-refractivity contribution >= 4 is 39.9 Å². The Labute approximate surface area is 199 Å². The molecule has 0 spiro atoms. The number of hydrogen-bond acceptors (Lipinski definition) is 8. The first-order valence-electron chi connectivity index (χ1n) is 11.0. The number of aliphatic carboxylic acids is 1. The number of nitrogens with one attached hydrogen (secondary N) is 2. The fourth-order valence-electron chi connectivity index (χ4n) is 4.00. The molecule has 4 rings (SSSR count). The zero-order valence-corrected chi connectivity index (χ0v) is 19.5. The second kappa shape index (κ2) is 10.5. The highest BCUT2D eigenvalue weighted by atomic mass is 32.1. The number of carboxylic acid groups (broad SMARTS) is 1. The molecule has 12 heteroatoms. The van der Waals surface area contributed by atoms with E-state index in [1.165, 1.54) is 16.0 Å². The summed E-state index contributed by atoms with van der Waals surface area (Å²) in [4.78, 5) is 41.6. The number of rotatable bonds is 9. The highest BCUT2D eigenvalue weighted by molar-refractivity contribution is 7.15. The maximum Gasteiger partial charge on any atom is 0.325 e. The van der Waals surface area contributed by atoms with Crippen molar-refractivity contribution in [1.82, 2.24) is 25.2 Å². The molecule has 2 amide bonds. The maximum absolute atomic E-state index is 13.0. The van der Waals surface area contributed by atoms with E-state index in [9.17, 15) is 14.4 Å². The summed E-state index contributed by atoms with van der Waals surface area (Å²) in [7, 11) is 0. The lowest BCUT2D eigenvalue weighted by atomic mass is 9.94. The van der Waals surface area contributed by atoms with Crippen LogP contribution in [0.25, 0.3) is 0 Å². The molecule has 1 aliphatic rings. The van der Waals surface area contributed by atoms with Crippen LogP contribution in [0.1, 0.15) is 52.3 Å². The monoisotopic (exact) mass is 483 g/mol. The number of ketones is 1. The number of carboxylic acids is 1. The molecule has 34 heavy (non-hydrogen) atoms. The fraction of sp³-hybridized carbons (Fsp3) is 0.409. The zero-order chi connectivity index (χ0) is 24.1. The Morgan fingerprint density at radius 1 is 1.18 bits per heavy atom. The largest absolute Gasteiger partial charge is 0.480 e. The highest BCUT2D eigenvalue weighted by Gasteiger charge is 2.26. The Balaban J connectivity index is 1.36. The smallest absolute Gasteiger partial charge is 0.325 e. The van der Waals surface area contributed by atoms with Gasteiger partial charge < -0.3 is 10.4 Å². The van der Waals surface area contributed by atoms with Gasteiger partial charge in [0.15, 0.2) is 16.7 Å². The number of carbonyl (C=O) groups is 3. The number of aryl methyl sites for hydroxylation is 3. The van der Waals surface area contributed by atoms with Crippen LogP contribution in [0, 0.1) is 12.8 Å². The lowest BCUT2D eigenvalue weighted by Gasteiger charge is -2.14. The predicted octanol–water partition coefficient (Wildman–Crippen LogP) is 3.32. The molecule has 1 fully saturated rings. The van der Waals surface area contributed by atoms with E-state index >= 15 is 0 Å². The van der Waals surface area contributed by atoms with Crippen LogP contribution >= 0.6 is 11.3 Å². The van der Waals surface area contributed by atoms with Crippen molar-refractivity contribution in [3.8, 4) is 0 Å². The zero-order valence-electron chi connectivity index (χ0n) is 18.7. The maximum atomic E-state index is 13.0. The van der Waals surface area contributed by atoms with Crippen molar-refractivity contribution in [2.24, 2.45) is 5.92 Å². The van der Waals surface area contributed by atoms with E-state index in [0.29, 0.717) is 35.0 Å². The van der Waals surface area contributed by atoms with Gasteiger partial charge in [0.05, 0.1) is 5.69 Å². The second-order valence-corrected chi connectivity index (χ2v) is 9.37. The molecular formula is C22H25N7O4S. The Hall–Kier alpha value is -3.67. The predicted molar refractivity (Wildman–Crippen MR) is 125 cm³/mol. The number of Topliss-reactive ketones (excluding diaryl/α,β-unsaturated/α-hetero) is 1. The number of thiazole rings is 1. The van der Waals surface area contributed by atoms with Gasteiger partial charge in [0.2, 0.25) is 0 Å². The summed E-state index contributed by atoms with van der Waals surface area (Å²) in [5, 5.41) is 25.9. The number of aromatic nitrogens is 5. The summed E-state index contributed by atoms with van der Waals surface area (Å²) in [5.74, 6) is -0.464. The number of hydrogen-bond donors (Lipinski definition) is 3. The number of benzene rings is 1. The molecule has 1 aromatic carbocycles. The van der Waals surface area contributed by atoms with Crippen molar-refractivity contribution in [3.63, 3.8) is 0 Å². The van der Waals surface area contributed by atoms with Crippen molar-refractivity contribution in [2.75, 3.05) is 10.6 Å². The molecule has 0 bridgehead atoms. The third-order valence-corrected chi connectivity index (χ3v) is 6.65. The molecule has 0 aliphatic heterocycles. The summed E-state index contributed by atoms with van der Waals surface area (Å²) < 4.78 is 1.24. The molecule has 0 unspecified atom stereocenters. The van der Waals surface area contributed by atoms with Gasteiger partial charge in [0.1, 0.15) is 6.54 Å². The first-order valence-corrected chi connectivity index (χ1v) is 11.8. The normalized spacial score (nSPS) is 13.7. The minimum atomic E-state index is -1.02. The van der Waals surface area contributed by atoms with Gasteiger partial charge in [-0.15, -0.1) is 16.4 Å². The number of tetrazole rings is 1. The van der Waals surface area contributed by atoms with Gasteiger partial charge in [-0.05, 0) is 48.7 Å². The van der Waals surface area contributed by atoms with E-state index in [1.54, 1.807) is 12.3 Å². The third-order valence-electron chi connectivity index (χ3n) is 5.67. The molecule has 11 nitrogen and oxygen atoms in total. The summed E-state index contributed by atoms with van der Waals surface area (Å²) in [6.45, 7) is 1.62. The number of amides is 2. The third kappa shape index (κ3) is 5.81. The molecule has 0 radical (unpaired) electrons. The van der Waals surface area contributed by atoms with Gasteiger partial charge in [-0.3, -0.25) is 14.9 Å². The van der Waals surface area contributed by atoms with E-state index in [4.69, 9.17) is 5.11 Å². The molecule has 0 atom stereocenters. The summed E-state index contributed by atoms with van der Waals surface area (Å²) >= 11 is 1.30. The fourth-order valence-corrected chi connectivity index (χ4v) is 4.81. The molecule has 1 saturated carbocycles. The molecule has 1 aliphatic carbocycles. The van der Waals surface area contributed by atoms with Gasteiger partial charge in [-0.1, -0.05) is 24.5 Å². The van der Waals surface area contributed by atoms with Crippen LogP contribution in [0.2, 0.25) is 0 Å². The average molecular weight is 484 g/mol. The van der Waals surface area contributed by atoms with E-state index in [0.717, 1.165) is 36.1 Å². The van der Waals surface area contributed by atoms with Crippen LogP contribution in [0.15, 0.2) is 24.4 Å². The van der Waals surface area contributed by atoms with Gasteiger partial charge in [0.25, 0.3) is 0 Å². The SMILES string of the molecule is Cc1ccc(NC(=O)Nc2ncc(CCc3nnnn3CC(=O)O)s2)c(C(=O)C2CCCC2)c1. The van der Waals surface area contributed by atoms with Crippen molar-refractivity contribution in [2.45, 2.75) is 52.0 Å². The Kier molecular flexibility index (Phi) is 7.26. The molecule has 2 aromatic heterocycles. The summed E-state index contributed by atoms with van der Waals surface area (Å²) in [5.41, 5.74) is 1.99. The minimum absolute atomic E-state index is 0.0171. The van der Waals surface area contributed by atoms with E-state index in [2.05, 4.69) is 31.1 Å². The topological polar surface area (TPSA) is 152 Å². The first-order chi connectivity index (χ1) is 16.4. The Morgan fingerprint density at radius 3 is 2.74 bits per heavy atom. The van der Waals surface area contributed by atoms with Crippen molar-refractivity contribution in [1.29, 1.82) is 0 Å². The molecule has 2 heterocycles. The van der Waals surface area contributed by atoms with Crippen LogP contribution in [0.3, 0.4) is 0 Å². The number of nitrogens with zero attached hydrogens (tertiary/aromatic N) is 5. The average Bonchev–Trinajstić information content (AvgIpc) is 3.55. The standard InChI is InChI=1S/C22H25N7O4S/c1-13-6-8-17(16(10-13)20(32)14-4-2-3-5-14)24-21(33)25-22-23-11-15(34-22)7-9-18-26-27-28-29(18)12-19(30)31/h6,8,10-11,14H,2-5,7,9,12H2,1H3,(H,30,31)(H2,23,24,25,33). The van der Waals surface area contributed by atoms with E-state index in [1.807, 2.05) is 19.1 Å². The van der Waals surface area contributed by atoms with Crippen LogP contribution < -0.4 is 10.6 Å². The molecule has 3 N–H and O–H groups in total. The lowest BCUT2D eigenvalue weighted by Crippen LogP contribution is -2.22. The van der Waals surface area contributed by atoms with Gasteiger partial charge in [-0.2, -0.15) is 0 Å². The molecule has 3 aromatic rings. The second-order valence-electron chi connectivity index (χ2n) is 8.25. The number of carbonyl (C=O) groups excluding carboxylic acids is 2. The van der Waals surface area contributed by atoms with Gasteiger partial charge in [-0.25, -0.2) is 14.5 Å². The van der Waals surface area contributed by atoms with Gasteiger partial charge >= 0.3 is 12.0 Å². The lowest BCUT2D eigenvalue weighted by molar-refractivity contribution is -0.138. The quantitative estimate of drug-likeness (QED) is 0.392. The van der Waals surface area contributed by atoms with Crippen molar-refractivity contribution in [3.05, 3.63) is 46.2 Å². The Bertz CT molecular complexity index is 1200. The number of anilines is 2. The minimum Gasteiger partial charge on any atom is -0.480 e. The summed E-state index contributed by atoms with van der Waals surface area (Å²) in [6, 6.07) is 4.97. The highest BCUT2D eigenvalue weighted by Crippen LogP contribution is 2.31. The van der Waals surface area contributed by atoms with Crippen LogP contribution in [0.4, 0.5) is 15.6 Å². The Morgan fingerprint density at radius 2 is 1.97 bits per heavy atom. The van der Waals surface area contributed by atoms with Gasteiger partial charge in [0, 0.05) is 29.0 Å². The number of urea groups is 1. The first kappa shape index (κ1) is 23.5.